The predicted octanol–water partition coefficient (Wildman–Crippen LogP) is 1.29. The summed E-state index contributed by atoms with van der Waals surface area (Å²) in [5, 5.41) is 8.95. The number of aldehydes is 1. The average molecular weight is 245 g/mol. The quantitative estimate of drug-likeness (QED) is 0.738. The third-order valence-corrected chi connectivity index (χ3v) is 1.99. The molecule has 0 aliphatic heterocycles. The lowest BCUT2D eigenvalue weighted by atomic mass is 10.1. The van der Waals surface area contributed by atoms with Gasteiger partial charge in [0.2, 0.25) is 0 Å². The molecule has 0 heterocycles. The smallest absolute Gasteiger partial charge is 0.410 e. The molecule has 0 fully saturated rings. The fraction of sp³-hybridized carbons (Fsp3) is 0.727. The maximum absolute atomic E-state index is 11.6. The summed E-state index contributed by atoms with van der Waals surface area (Å²) in [7, 11) is 1.34. The molecule has 17 heavy (non-hydrogen) atoms. The maximum Gasteiger partial charge on any atom is 0.410 e. The average Bonchev–Trinajstić information content (AvgIpc) is 2.14. The summed E-state index contributed by atoms with van der Waals surface area (Å²) in [6.07, 6.45) is 0.0770. The normalized spacial score (nSPS) is 12.7. The molecule has 0 spiro atoms. The Kier molecular flexibility index (Phi) is 5.64. The van der Waals surface area contributed by atoms with Crippen LogP contribution in [0.2, 0.25) is 0 Å². The molecule has 0 aromatic carbocycles. The van der Waals surface area contributed by atoms with Crippen molar-refractivity contribution in [2.45, 2.75) is 45.3 Å². The molecule has 0 bridgehead atoms. The number of nitrogens with zero attached hydrogens (tertiary/aromatic N) is 1. The van der Waals surface area contributed by atoms with Crippen LogP contribution in [0.25, 0.3) is 0 Å². The molecule has 1 atom stereocenters. The van der Waals surface area contributed by atoms with E-state index in [1.54, 1.807) is 20.8 Å². The number of carbonyl (C=O) groups excluding carboxylic acids is 2. The monoisotopic (exact) mass is 245 g/mol. The number of hydrogen-bond donors (Lipinski definition) is 1. The second-order valence-electron chi connectivity index (χ2n) is 4.69. The van der Waals surface area contributed by atoms with E-state index in [0.29, 0.717) is 6.29 Å². The zero-order chi connectivity index (χ0) is 13.6. The summed E-state index contributed by atoms with van der Waals surface area (Å²) in [4.78, 5) is 33.8. The van der Waals surface area contributed by atoms with Gasteiger partial charge in [-0.3, -0.25) is 4.90 Å². The van der Waals surface area contributed by atoms with Crippen molar-refractivity contribution < 1.29 is 24.2 Å². The fourth-order valence-corrected chi connectivity index (χ4v) is 1.17. The highest BCUT2D eigenvalue weighted by atomic mass is 16.6. The van der Waals surface area contributed by atoms with Crippen molar-refractivity contribution in [1.82, 2.24) is 4.90 Å². The van der Waals surface area contributed by atoms with E-state index >= 15 is 0 Å². The number of carbonyl (C=O) groups is 3. The molecular formula is C11H19NO5. The van der Waals surface area contributed by atoms with E-state index in [4.69, 9.17) is 9.84 Å². The van der Waals surface area contributed by atoms with Gasteiger partial charge in [0.25, 0.3) is 0 Å². The Labute approximate surface area is 101 Å². The van der Waals surface area contributed by atoms with E-state index in [2.05, 4.69) is 0 Å². The summed E-state index contributed by atoms with van der Waals surface area (Å²) >= 11 is 0. The molecule has 0 aromatic heterocycles. The Balaban J connectivity index is 4.60. The molecule has 0 saturated carbocycles. The second kappa shape index (κ2) is 6.22. The Hall–Kier alpha value is -1.59. The molecule has 6 heteroatoms. The van der Waals surface area contributed by atoms with Gasteiger partial charge in [-0.2, -0.15) is 0 Å². The summed E-state index contributed by atoms with van der Waals surface area (Å²) in [6, 6.07) is -1.05. The highest BCUT2D eigenvalue weighted by Gasteiger charge is 2.29. The molecule has 0 aromatic rings. The third kappa shape index (κ3) is 5.89. The molecule has 0 aliphatic rings. The van der Waals surface area contributed by atoms with E-state index < -0.39 is 23.7 Å². The Morgan fingerprint density at radius 1 is 1.41 bits per heavy atom. The number of amides is 1. The topological polar surface area (TPSA) is 83.9 Å². The van der Waals surface area contributed by atoms with Crippen molar-refractivity contribution in [3.8, 4) is 0 Å². The molecule has 1 amide bonds. The van der Waals surface area contributed by atoms with Gasteiger partial charge in [-0.05, 0) is 27.2 Å². The van der Waals surface area contributed by atoms with Crippen molar-refractivity contribution in [1.29, 1.82) is 0 Å². The molecule has 98 valence electrons. The van der Waals surface area contributed by atoms with Gasteiger partial charge >= 0.3 is 12.1 Å². The summed E-state index contributed by atoms with van der Waals surface area (Å²) in [5.41, 5.74) is -0.681. The first-order chi connectivity index (χ1) is 7.69. The number of likely N-dealkylation sites (N-methyl/N-ethyl adjacent to an activating group) is 1. The van der Waals surface area contributed by atoms with Crippen LogP contribution in [0.1, 0.15) is 33.6 Å². The van der Waals surface area contributed by atoms with Crippen LogP contribution in [0.3, 0.4) is 0 Å². The van der Waals surface area contributed by atoms with Crippen LogP contribution < -0.4 is 0 Å². The van der Waals surface area contributed by atoms with E-state index in [9.17, 15) is 14.4 Å². The second-order valence-corrected chi connectivity index (χ2v) is 4.69. The third-order valence-electron chi connectivity index (χ3n) is 1.99. The van der Waals surface area contributed by atoms with Gasteiger partial charge in [-0.15, -0.1) is 0 Å². The van der Waals surface area contributed by atoms with Crippen LogP contribution in [-0.4, -0.2) is 47.0 Å². The van der Waals surface area contributed by atoms with Crippen LogP contribution in [0, 0.1) is 0 Å². The fourth-order valence-electron chi connectivity index (χ4n) is 1.17. The number of aliphatic carboxylic acids is 1. The predicted molar refractivity (Wildman–Crippen MR) is 60.7 cm³/mol. The van der Waals surface area contributed by atoms with Crippen LogP contribution in [0.15, 0.2) is 0 Å². The van der Waals surface area contributed by atoms with Gasteiger partial charge in [-0.25, -0.2) is 9.59 Å². The Bertz CT molecular complexity index is 295. The molecule has 6 nitrogen and oxygen atoms in total. The van der Waals surface area contributed by atoms with Gasteiger partial charge < -0.3 is 14.6 Å². The number of rotatable bonds is 5. The Morgan fingerprint density at radius 3 is 2.29 bits per heavy atom. The SMILES string of the molecule is CN(C(=O)OC(C)(C)C)C(CCC=O)C(=O)O. The summed E-state index contributed by atoms with van der Waals surface area (Å²) < 4.78 is 5.05. The molecule has 0 aliphatic carbocycles. The minimum absolute atomic E-state index is 0.0780. The van der Waals surface area contributed by atoms with Gasteiger partial charge in [-0.1, -0.05) is 0 Å². The number of carboxylic acids is 1. The molecule has 0 saturated heterocycles. The van der Waals surface area contributed by atoms with E-state index in [1.165, 1.54) is 7.05 Å². The van der Waals surface area contributed by atoms with E-state index in [1.807, 2.05) is 0 Å². The van der Waals surface area contributed by atoms with E-state index in [0.717, 1.165) is 4.90 Å². The van der Waals surface area contributed by atoms with Gasteiger partial charge in [0.1, 0.15) is 17.9 Å². The maximum atomic E-state index is 11.6. The number of ether oxygens (including phenoxy) is 1. The van der Waals surface area contributed by atoms with Crippen molar-refractivity contribution in [3.63, 3.8) is 0 Å². The first kappa shape index (κ1) is 15.4. The Morgan fingerprint density at radius 2 is 1.94 bits per heavy atom. The van der Waals surface area contributed by atoms with Crippen molar-refractivity contribution >= 4 is 18.3 Å². The summed E-state index contributed by atoms with van der Waals surface area (Å²) in [6.45, 7) is 5.08. The van der Waals surface area contributed by atoms with Crippen molar-refractivity contribution in [2.24, 2.45) is 0 Å². The zero-order valence-electron chi connectivity index (χ0n) is 10.6. The van der Waals surface area contributed by atoms with Crippen molar-refractivity contribution in [3.05, 3.63) is 0 Å². The van der Waals surface area contributed by atoms with Crippen LogP contribution >= 0.6 is 0 Å². The first-order valence-electron chi connectivity index (χ1n) is 5.31. The lowest BCUT2D eigenvalue weighted by Gasteiger charge is -2.28. The first-order valence-corrected chi connectivity index (χ1v) is 5.31. The zero-order valence-corrected chi connectivity index (χ0v) is 10.6. The number of carboxylic acid groups (broad SMARTS) is 1. The molecule has 1 unspecified atom stereocenters. The van der Waals surface area contributed by atoms with E-state index in [-0.39, 0.29) is 12.8 Å². The molecular weight excluding hydrogens is 226 g/mol. The minimum atomic E-state index is -1.15. The molecule has 0 rings (SSSR count). The lowest BCUT2D eigenvalue weighted by molar-refractivity contribution is -0.142. The minimum Gasteiger partial charge on any atom is -0.480 e. The highest BCUT2D eigenvalue weighted by molar-refractivity contribution is 5.80. The lowest BCUT2D eigenvalue weighted by Crippen LogP contribution is -2.44. The number of hydrogen-bond acceptors (Lipinski definition) is 4. The largest absolute Gasteiger partial charge is 0.480 e. The van der Waals surface area contributed by atoms with Gasteiger partial charge in [0, 0.05) is 13.5 Å². The molecule has 0 radical (unpaired) electrons. The molecule has 1 N–H and O–H groups in total. The standard InChI is InChI=1S/C11H19NO5/c1-11(2,3)17-10(16)12(4)8(9(14)15)6-5-7-13/h7-8H,5-6H2,1-4H3,(H,14,15). The van der Waals surface area contributed by atoms with Gasteiger partial charge in [0.15, 0.2) is 0 Å². The highest BCUT2D eigenvalue weighted by Crippen LogP contribution is 2.12. The summed E-state index contributed by atoms with van der Waals surface area (Å²) in [5.74, 6) is -1.15. The van der Waals surface area contributed by atoms with Crippen LogP contribution in [0.4, 0.5) is 4.79 Å². The van der Waals surface area contributed by atoms with Crippen LogP contribution in [0.5, 0.6) is 0 Å². The van der Waals surface area contributed by atoms with Gasteiger partial charge in [0.05, 0.1) is 0 Å². The van der Waals surface area contributed by atoms with Crippen molar-refractivity contribution in [2.75, 3.05) is 7.05 Å². The van der Waals surface area contributed by atoms with Crippen LogP contribution in [-0.2, 0) is 14.3 Å².